The summed E-state index contributed by atoms with van der Waals surface area (Å²) in [5.41, 5.74) is 5.53. The summed E-state index contributed by atoms with van der Waals surface area (Å²) in [5, 5.41) is 0.138. The Morgan fingerprint density at radius 2 is 1.82 bits per heavy atom. The number of benzene rings is 1. The molecule has 0 aliphatic heterocycles. The normalized spacial score (nSPS) is 9.94. The first kappa shape index (κ1) is 13.6. The zero-order chi connectivity index (χ0) is 13.0. The van der Waals surface area contributed by atoms with Crippen molar-refractivity contribution in [3.8, 4) is 17.2 Å². The van der Waals surface area contributed by atoms with E-state index in [0.29, 0.717) is 11.5 Å². The predicted molar refractivity (Wildman–Crippen MR) is 64.5 cm³/mol. The first-order valence-electron chi connectivity index (χ1n) is 4.82. The number of Topliss-reactive ketones (excluding diaryl/α,β-unsaturated/α-hetero) is 1. The standard InChI is InChI=1S/C11H14ClNO4/c1-15-7-4-8(16-2)11(17-3)10(12)9(7)6(14)5-13/h4H,5,13H2,1-3H3. The van der Waals surface area contributed by atoms with Crippen molar-refractivity contribution in [3.05, 3.63) is 16.7 Å². The van der Waals surface area contributed by atoms with E-state index >= 15 is 0 Å². The molecule has 0 aliphatic rings. The molecule has 1 aromatic rings. The molecule has 1 aromatic carbocycles. The SMILES string of the molecule is COc1cc(OC)c(C(=O)CN)c(Cl)c1OC. The molecule has 0 radical (unpaired) electrons. The molecule has 0 spiro atoms. The molecule has 5 nitrogen and oxygen atoms in total. The van der Waals surface area contributed by atoms with Crippen molar-refractivity contribution in [3.63, 3.8) is 0 Å². The second-order valence-corrected chi connectivity index (χ2v) is 3.51. The Morgan fingerprint density at radius 3 is 2.24 bits per heavy atom. The Kier molecular flexibility index (Phi) is 4.60. The van der Waals surface area contributed by atoms with Crippen molar-refractivity contribution < 1.29 is 19.0 Å². The summed E-state index contributed by atoms with van der Waals surface area (Å²) in [6, 6.07) is 1.54. The molecule has 0 saturated heterocycles. The summed E-state index contributed by atoms with van der Waals surface area (Å²) in [6.45, 7) is -0.161. The maximum Gasteiger partial charge on any atom is 0.181 e. The molecule has 0 aliphatic carbocycles. The summed E-state index contributed by atoms with van der Waals surface area (Å²) in [4.78, 5) is 11.7. The van der Waals surface area contributed by atoms with Gasteiger partial charge < -0.3 is 19.9 Å². The fourth-order valence-corrected chi connectivity index (χ4v) is 1.82. The largest absolute Gasteiger partial charge is 0.496 e. The lowest BCUT2D eigenvalue weighted by Crippen LogP contribution is -2.15. The number of ketones is 1. The highest BCUT2D eigenvalue weighted by Crippen LogP contribution is 2.42. The number of halogens is 1. The molecule has 0 aromatic heterocycles. The van der Waals surface area contributed by atoms with Gasteiger partial charge in [-0.1, -0.05) is 11.6 Å². The zero-order valence-corrected chi connectivity index (χ0v) is 10.6. The maximum atomic E-state index is 11.7. The number of ether oxygens (including phenoxy) is 3. The smallest absolute Gasteiger partial charge is 0.181 e. The first-order valence-corrected chi connectivity index (χ1v) is 5.20. The van der Waals surface area contributed by atoms with Gasteiger partial charge in [0.2, 0.25) is 0 Å². The summed E-state index contributed by atoms with van der Waals surface area (Å²) < 4.78 is 15.3. The van der Waals surface area contributed by atoms with Crippen LogP contribution in [0.2, 0.25) is 5.02 Å². The molecular weight excluding hydrogens is 246 g/mol. The molecule has 0 amide bonds. The molecule has 2 N–H and O–H groups in total. The molecule has 6 heteroatoms. The van der Waals surface area contributed by atoms with E-state index in [-0.39, 0.29) is 28.7 Å². The van der Waals surface area contributed by atoms with Crippen LogP contribution in [0.15, 0.2) is 6.07 Å². The van der Waals surface area contributed by atoms with E-state index in [0.717, 1.165) is 0 Å². The second kappa shape index (κ2) is 5.75. The van der Waals surface area contributed by atoms with Gasteiger partial charge in [-0.25, -0.2) is 0 Å². The van der Waals surface area contributed by atoms with Crippen LogP contribution in [-0.4, -0.2) is 33.7 Å². The van der Waals surface area contributed by atoms with Gasteiger partial charge in [-0.3, -0.25) is 4.79 Å². The number of carbonyl (C=O) groups is 1. The molecule has 0 saturated carbocycles. The molecule has 0 unspecified atom stereocenters. The van der Waals surface area contributed by atoms with Crippen molar-refractivity contribution in [1.82, 2.24) is 0 Å². The fraction of sp³-hybridized carbons (Fsp3) is 0.364. The molecule has 0 fully saturated rings. The number of nitrogens with two attached hydrogens (primary N) is 1. The van der Waals surface area contributed by atoms with Gasteiger partial charge in [-0.05, 0) is 0 Å². The third-order valence-electron chi connectivity index (χ3n) is 2.26. The maximum absolute atomic E-state index is 11.7. The molecule has 17 heavy (non-hydrogen) atoms. The quantitative estimate of drug-likeness (QED) is 0.812. The minimum Gasteiger partial charge on any atom is -0.496 e. The van der Waals surface area contributed by atoms with Gasteiger partial charge in [0.15, 0.2) is 17.3 Å². The molecule has 0 heterocycles. The van der Waals surface area contributed by atoms with Crippen LogP contribution >= 0.6 is 11.6 Å². The first-order chi connectivity index (χ1) is 8.10. The van der Waals surface area contributed by atoms with Gasteiger partial charge in [0.25, 0.3) is 0 Å². The number of methoxy groups -OCH3 is 3. The topological polar surface area (TPSA) is 70.8 Å². The van der Waals surface area contributed by atoms with Crippen LogP contribution in [0.25, 0.3) is 0 Å². The minimum absolute atomic E-state index is 0.138. The Labute approximate surface area is 104 Å². The highest BCUT2D eigenvalue weighted by Gasteiger charge is 2.23. The average molecular weight is 260 g/mol. The van der Waals surface area contributed by atoms with Crippen LogP contribution in [0.3, 0.4) is 0 Å². The van der Waals surface area contributed by atoms with Crippen LogP contribution in [0, 0.1) is 0 Å². The van der Waals surface area contributed by atoms with Crippen LogP contribution in [0.4, 0.5) is 0 Å². The van der Waals surface area contributed by atoms with Gasteiger partial charge in [-0.15, -0.1) is 0 Å². The lowest BCUT2D eigenvalue weighted by molar-refractivity contribution is 0.0998. The van der Waals surface area contributed by atoms with Crippen molar-refractivity contribution >= 4 is 17.4 Å². The van der Waals surface area contributed by atoms with E-state index in [1.54, 1.807) is 0 Å². The van der Waals surface area contributed by atoms with Crippen molar-refractivity contribution in [1.29, 1.82) is 0 Å². The molecule has 0 bridgehead atoms. The Bertz CT molecular complexity index is 434. The lowest BCUT2D eigenvalue weighted by atomic mass is 10.1. The minimum atomic E-state index is -0.326. The van der Waals surface area contributed by atoms with E-state index in [2.05, 4.69) is 0 Å². The van der Waals surface area contributed by atoms with Gasteiger partial charge in [0, 0.05) is 6.07 Å². The average Bonchev–Trinajstić information content (AvgIpc) is 2.36. The van der Waals surface area contributed by atoms with Crippen LogP contribution in [0.1, 0.15) is 10.4 Å². The monoisotopic (exact) mass is 259 g/mol. The summed E-state index contributed by atoms with van der Waals surface area (Å²) in [6.07, 6.45) is 0. The van der Waals surface area contributed by atoms with Gasteiger partial charge >= 0.3 is 0 Å². The van der Waals surface area contributed by atoms with Gasteiger partial charge in [-0.2, -0.15) is 0 Å². The number of rotatable bonds is 5. The molecule has 0 atom stereocenters. The molecule has 94 valence electrons. The predicted octanol–water partition coefficient (Wildman–Crippen LogP) is 1.51. The van der Waals surface area contributed by atoms with Crippen LogP contribution in [0.5, 0.6) is 17.2 Å². The van der Waals surface area contributed by atoms with Crippen molar-refractivity contribution in [2.45, 2.75) is 0 Å². The Balaban J connectivity index is 3.52. The van der Waals surface area contributed by atoms with E-state index in [1.165, 1.54) is 27.4 Å². The van der Waals surface area contributed by atoms with Crippen molar-refractivity contribution in [2.75, 3.05) is 27.9 Å². The molecular formula is C11H14ClNO4. The number of carbonyl (C=O) groups excluding carboxylic acids is 1. The zero-order valence-electron chi connectivity index (χ0n) is 9.87. The third kappa shape index (κ3) is 2.45. The molecule has 1 rings (SSSR count). The van der Waals surface area contributed by atoms with Gasteiger partial charge in [0.1, 0.15) is 10.8 Å². The fourth-order valence-electron chi connectivity index (χ4n) is 1.45. The van der Waals surface area contributed by atoms with E-state index in [9.17, 15) is 4.79 Å². The Morgan fingerprint density at radius 1 is 1.24 bits per heavy atom. The lowest BCUT2D eigenvalue weighted by Gasteiger charge is -2.15. The Hall–Kier alpha value is -1.46. The summed E-state index contributed by atoms with van der Waals surface area (Å²) >= 11 is 6.09. The highest BCUT2D eigenvalue weighted by atomic mass is 35.5. The third-order valence-corrected chi connectivity index (χ3v) is 2.62. The van der Waals surface area contributed by atoms with Gasteiger partial charge in [0.05, 0.1) is 33.4 Å². The van der Waals surface area contributed by atoms with E-state index < -0.39 is 0 Å². The number of hydrogen-bond donors (Lipinski definition) is 1. The summed E-state index contributed by atoms with van der Waals surface area (Å²) in [5.74, 6) is 0.658. The van der Waals surface area contributed by atoms with E-state index in [4.69, 9.17) is 31.5 Å². The van der Waals surface area contributed by atoms with Crippen LogP contribution < -0.4 is 19.9 Å². The highest BCUT2D eigenvalue weighted by molar-refractivity contribution is 6.36. The van der Waals surface area contributed by atoms with Crippen LogP contribution in [-0.2, 0) is 0 Å². The summed E-state index contributed by atoms with van der Waals surface area (Å²) in [7, 11) is 4.34. The second-order valence-electron chi connectivity index (χ2n) is 3.13. The van der Waals surface area contributed by atoms with E-state index in [1.807, 2.05) is 0 Å². The number of hydrogen-bond acceptors (Lipinski definition) is 5. The van der Waals surface area contributed by atoms with Crippen molar-refractivity contribution in [2.24, 2.45) is 5.73 Å².